The third-order valence-corrected chi connectivity index (χ3v) is 3.91. The largest absolute Gasteiger partial charge is 0.497 e. The van der Waals surface area contributed by atoms with Crippen LogP contribution in [0.15, 0.2) is 60.8 Å². The smallest absolute Gasteiger partial charge is 0.223 e. The van der Waals surface area contributed by atoms with Crippen molar-refractivity contribution in [2.75, 3.05) is 13.7 Å². The highest BCUT2D eigenvalue weighted by atomic mass is 16.5. The molecule has 0 saturated heterocycles. The lowest BCUT2D eigenvalue weighted by Crippen LogP contribution is -2.24. The Morgan fingerprint density at radius 1 is 1.04 bits per heavy atom. The zero-order valence-corrected chi connectivity index (χ0v) is 14.6. The Labute approximate surface area is 152 Å². The molecule has 2 aromatic carbocycles. The van der Waals surface area contributed by atoms with Gasteiger partial charge in [0.1, 0.15) is 11.5 Å². The molecule has 3 rings (SSSR count). The van der Waals surface area contributed by atoms with Crippen molar-refractivity contribution in [3.63, 3.8) is 0 Å². The first-order valence-corrected chi connectivity index (χ1v) is 8.37. The molecule has 0 unspecified atom stereocenters. The van der Waals surface area contributed by atoms with Crippen LogP contribution in [-0.2, 0) is 11.3 Å². The Balaban J connectivity index is 1.39. The molecule has 0 spiro atoms. The first-order chi connectivity index (χ1) is 12.7. The molecule has 1 aromatic heterocycles. The first kappa shape index (κ1) is 17.5. The molecule has 0 radical (unpaired) electrons. The van der Waals surface area contributed by atoms with Gasteiger partial charge in [0.05, 0.1) is 25.8 Å². The predicted molar refractivity (Wildman–Crippen MR) is 99.0 cm³/mol. The molecule has 0 fully saturated rings. The van der Waals surface area contributed by atoms with E-state index in [-0.39, 0.29) is 5.91 Å². The number of carbonyl (C=O) groups is 1. The molecule has 6 heteroatoms. The molecular formula is C20H21N3O3. The lowest BCUT2D eigenvalue weighted by Gasteiger charge is -2.08. The van der Waals surface area contributed by atoms with E-state index >= 15 is 0 Å². The average molecular weight is 351 g/mol. The number of aromatic nitrogens is 2. The van der Waals surface area contributed by atoms with Crippen molar-refractivity contribution in [3.8, 4) is 22.8 Å². The molecule has 1 heterocycles. The van der Waals surface area contributed by atoms with Crippen LogP contribution in [-0.4, -0.2) is 29.8 Å². The number of hydrogen-bond donors (Lipinski definition) is 2. The molecule has 0 aliphatic heterocycles. The third kappa shape index (κ3) is 4.86. The summed E-state index contributed by atoms with van der Waals surface area (Å²) >= 11 is 0. The molecule has 134 valence electrons. The summed E-state index contributed by atoms with van der Waals surface area (Å²) in [5, 5.41) is 9.76. The maximum atomic E-state index is 11.9. The van der Waals surface area contributed by atoms with Gasteiger partial charge in [-0.25, -0.2) is 0 Å². The number of aromatic amines is 1. The number of hydrogen-bond acceptors (Lipinski definition) is 4. The molecule has 0 aliphatic rings. The highest BCUT2D eigenvalue weighted by Crippen LogP contribution is 2.17. The number of carbonyl (C=O) groups excluding carboxylic acids is 1. The highest BCUT2D eigenvalue weighted by molar-refractivity contribution is 5.76. The number of H-pyrrole nitrogens is 1. The van der Waals surface area contributed by atoms with Crippen LogP contribution >= 0.6 is 0 Å². The zero-order valence-electron chi connectivity index (χ0n) is 14.6. The van der Waals surface area contributed by atoms with Crippen molar-refractivity contribution in [2.45, 2.75) is 13.0 Å². The van der Waals surface area contributed by atoms with Gasteiger partial charge >= 0.3 is 0 Å². The van der Waals surface area contributed by atoms with Gasteiger partial charge in [-0.3, -0.25) is 9.89 Å². The van der Waals surface area contributed by atoms with Crippen molar-refractivity contribution >= 4 is 5.91 Å². The van der Waals surface area contributed by atoms with E-state index in [9.17, 15) is 4.79 Å². The molecule has 6 nitrogen and oxygen atoms in total. The van der Waals surface area contributed by atoms with Crippen LogP contribution in [0.3, 0.4) is 0 Å². The molecule has 0 saturated carbocycles. The van der Waals surface area contributed by atoms with Gasteiger partial charge in [0.25, 0.3) is 0 Å². The number of methoxy groups -OCH3 is 1. The van der Waals surface area contributed by atoms with E-state index in [0.29, 0.717) is 25.3 Å². The average Bonchev–Trinajstić information content (AvgIpc) is 3.22. The number of ether oxygens (including phenoxy) is 2. The standard InChI is InChI=1S/C20H21N3O3/c1-25-17-6-8-18(9-7-17)26-13-11-20(24)21-14-15-2-4-16(5-3-15)19-10-12-22-23-19/h2-10,12H,11,13-14H2,1H3,(H,21,24)(H,22,23). The van der Waals surface area contributed by atoms with Gasteiger partial charge in [-0.2, -0.15) is 5.10 Å². The summed E-state index contributed by atoms with van der Waals surface area (Å²) in [5.41, 5.74) is 3.07. The van der Waals surface area contributed by atoms with E-state index in [0.717, 1.165) is 22.6 Å². The van der Waals surface area contributed by atoms with Gasteiger partial charge in [-0.15, -0.1) is 0 Å². The van der Waals surface area contributed by atoms with Crippen LogP contribution in [0.5, 0.6) is 11.5 Å². The fourth-order valence-corrected chi connectivity index (χ4v) is 2.44. The van der Waals surface area contributed by atoms with Crippen LogP contribution in [0, 0.1) is 0 Å². The Morgan fingerprint density at radius 3 is 2.42 bits per heavy atom. The van der Waals surface area contributed by atoms with Gasteiger partial charge in [0.2, 0.25) is 5.91 Å². The summed E-state index contributed by atoms with van der Waals surface area (Å²) in [6, 6.07) is 17.2. The molecule has 0 atom stereocenters. The maximum absolute atomic E-state index is 11.9. The maximum Gasteiger partial charge on any atom is 0.223 e. The second-order valence-electron chi connectivity index (χ2n) is 5.72. The van der Waals surface area contributed by atoms with E-state index in [1.165, 1.54) is 0 Å². The quantitative estimate of drug-likeness (QED) is 0.653. The second kappa shape index (κ2) is 8.71. The Morgan fingerprint density at radius 2 is 1.77 bits per heavy atom. The van der Waals surface area contributed by atoms with Crippen molar-refractivity contribution in [1.82, 2.24) is 15.5 Å². The fraction of sp³-hybridized carbons (Fsp3) is 0.200. The topological polar surface area (TPSA) is 76.2 Å². The monoisotopic (exact) mass is 351 g/mol. The third-order valence-electron chi connectivity index (χ3n) is 3.91. The number of rotatable bonds is 8. The number of nitrogens with one attached hydrogen (secondary N) is 2. The Bertz CT molecular complexity index is 813. The van der Waals surface area contributed by atoms with Crippen LogP contribution in [0.25, 0.3) is 11.3 Å². The minimum absolute atomic E-state index is 0.0452. The fourth-order valence-electron chi connectivity index (χ4n) is 2.44. The summed E-state index contributed by atoms with van der Waals surface area (Å²) in [7, 11) is 1.62. The molecule has 0 bridgehead atoms. The lowest BCUT2D eigenvalue weighted by molar-refractivity contribution is -0.121. The van der Waals surface area contributed by atoms with Crippen LogP contribution in [0.2, 0.25) is 0 Å². The van der Waals surface area contributed by atoms with Crippen molar-refractivity contribution in [1.29, 1.82) is 0 Å². The van der Waals surface area contributed by atoms with Gasteiger partial charge < -0.3 is 14.8 Å². The van der Waals surface area contributed by atoms with E-state index in [1.54, 1.807) is 13.3 Å². The normalized spacial score (nSPS) is 10.3. The number of benzene rings is 2. The summed E-state index contributed by atoms with van der Waals surface area (Å²) in [5.74, 6) is 1.44. The van der Waals surface area contributed by atoms with Crippen LogP contribution < -0.4 is 14.8 Å². The lowest BCUT2D eigenvalue weighted by atomic mass is 10.1. The van der Waals surface area contributed by atoms with Crippen molar-refractivity contribution in [2.24, 2.45) is 0 Å². The molecule has 26 heavy (non-hydrogen) atoms. The molecular weight excluding hydrogens is 330 g/mol. The van der Waals surface area contributed by atoms with E-state index in [1.807, 2.05) is 54.6 Å². The van der Waals surface area contributed by atoms with Gasteiger partial charge in [0, 0.05) is 12.7 Å². The molecule has 3 aromatic rings. The van der Waals surface area contributed by atoms with Gasteiger partial charge in [-0.1, -0.05) is 24.3 Å². The van der Waals surface area contributed by atoms with E-state index < -0.39 is 0 Å². The van der Waals surface area contributed by atoms with Crippen LogP contribution in [0.1, 0.15) is 12.0 Å². The van der Waals surface area contributed by atoms with Gasteiger partial charge in [0.15, 0.2) is 0 Å². The summed E-state index contributed by atoms with van der Waals surface area (Å²) in [4.78, 5) is 11.9. The SMILES string of the molecule is COc1ccc(OCCC(=O)NCc2ccc(-c3ccn[nH]3)cc2)cc1. The summed E-state index contributed by atoms with van der Waals surface area (Å²) in [6.07, 6.45) is 2.02. The minimum Gasteiger partial charge on any atom is -0.497 e. The Kier molecular flexibility index (Phi) is 5.88. The highest BCUT2D eigenvalue weighted by Gasteiger charge is 2.04. The van der Waals surface area contributed by atoms with E-state index in [4.69, 9.17) is 9.47 Å². The summed E-state index contributed by atoms with van der Waals surface area (Å²) in [6.45, 7) is 0.821. The van der Waals surface area contributed by atoms with E-state index in [2.05, 4.69) is 15.5 Å². The number of amides is 1. The molecule has 0 aliphatic carbocycles. The summed E-state index contributed by atoms with van der Waals surface area (Å²) < 4.78 is 10.6. The molecule has 1 amide bonds. The first-order valence-electron chi connectivity index (χ1n) is 8.37. The Hall–Kier alpha value is -3.28. The number of nitrogens with zero attached hydrogens (tertiary/aromatic N) is 1. The minimum atomic E-state index is -0.0452. The zero-order chi connectivity index (χ0) is 18.2. The van der Waals surface area contributed by atoms with Crippen LogP contribution in [0.4, 0.5) is 0 Å². The van der Waals surface area contributed by atoms with Crippen molar-refractivity contribution < 1.29 is 14.3 Å². The molecule has 2 N–H and O–H groups in total. The van der Waals surface area contributed by atoms with Crippen molar-refractivity contribution in [3.05, 3.63) is 66.4 Å². The predicted octanol–water partition coefficient (Wildman–Crippen LogP) is 3.17. The van der Waals surface area contributed by atoms with Gasteiger partial charge in [-0.05, 0) is 41.5 Å². The second-order valence-corrected chi connectivity index (χ2v) is 5.72.